The monoisotopic (exact) mass is 479 g/mol. The number of carbonyl (C=O) groups is 1. The Bertz CT molecular complexity index is 1330. The van der Waals surface area contributed by atoms with Gasteiger partial charge < -0.3 is 10.3 Å². The van der Waals surface area contributed by atoms with Crippen molar-refractivity contribution in [3.8, 4) is 0 Å². The molecule has 2 heterocycles. The van der Waals surface area contributed by atoms with E-state index in [-0.39, 0.29) is 24.8 Å². The van der Waals surface area contributed by atoms with E-state index in [1.54, 1.807) is 11.3 Å². The average Bonchev–Trinajstić information content (AvgIpc) is 3.50. The first-order valence-corrected chi connectivity index (χ1v) is 13.0. The predicted octanol–water partition coefficient (Wildman–Crippen LogP) is 4.46. The summed E-state index contributed by atoms with van der Waals surface area (Å²) in [6.45, 7) is 0.464. The summed E-state index contributed by atoms with van der Waals surface area (Å²) in [6.07, 6.45) is 3.58. The lowest BCUT2D eigenvalue weighted by molar-refractivity contribution is -0.120. The van der Waals surface area contributed by atoms with E-state index in [1.165, 1.54) is 6.08 Å². The van der Waals surface area contributed by atoms with Gasteiger partial charge in [0.25, 0.3) is 0 Å². The van der Waals surface area contributed by atoms with Crippen LogP contribution in [0.2, 0.25) is 0 Å². The summed E-state index contributed by atoms with van der Waals surface area (Å²) in [5.41, 5.74) is 2.97. The van der Waals surface area contributed by atoms with Crippen molar-refractivity contribution in [3.05, 3.63) is 99.7 Å². The number of amides is 1. The quantitative estimate of drug-likeness (QED) is 0.314. The molecule has 2 aromatic carbocycles. The number of nitrogens with one attached hydrogen (secondary N) is 3. The fourth-order valence-corrected chi connectivity index (χ4v) is 5.29. The summed E-state index contributed by atoms with van der Waals surface area (Å²) < 4.78 is 26.8. The minimum atomic E-state index is -3.61. The van der Waals surface area contributed by atoms with Gasteiger partial charge in [-0.05, 0) is 34.7 Å². The molecule has 4 aromatic rings. The van der Waals surface area contributed by atoms with Gasteiger partial charge in [-0.2, -0.15) is 0 Å². The fraction of sp³-hybridized carbons (Fsp3) is 0.160. The third-order valence-corrected chi connectivity index (χ3v) is 7.37. The second-order valence-corrected chi connectivity index (χ2v) is 10.2. The third kappa shape index (κ3) is 6.19. The predicted molar refractivity (Wildman–Crippen MR) is 134 cm³/mol. The molecular formula is C25H25N3O3S2. The van der Waals surface area contributed by atoms with Gasteiger partial charge in [-0.1, -0.05) is 54.6 Å². The maximum atomic E-state index is 12.4. The molecule has 2 aromatic heterocycles. The molecule has 0 saturated heterocycles. The van der Waals surface area contributed by atoms with Gasteiger partial charge >= 0.3 is 0 Å². The zero-order valence-electron chi connectivity index (χ0n) is 17.9. The number of sulfonamides is 1. The molecule has 4 rings (SSSR count). The molecule has 170 valence electrons. The summed E-state index contributed by atoms with van der Waals surface area (Å²) in [5, 5.41) is 7.24. The molecule has 0 fully saturated rings. The summed E-state index contributed by atoms with van der Waals surface area (Å²) >= 11 is 1.65. The van der Waals surface area contributed by atoms with Crippen molar-refractivity contribution in [2.75, 3.05) is 13.1 Å². The highest BCUT2D eigenvalue weighted by molar-refractivity contribution is 7.92. The maximum Gasteiger partial charge on any atom is 0.233 e. The Morgan fingerprint density at radius 3 is 2.61 bits per heavy atom. The minimum absolute atomic E-state index is 0.00981. The molecule has 0 aliphatic rings. The van der Waals surface area contributed by atoms with Crippen LogP contribution in [0.1, 0.15) is 28.3 Å². The second-order valence-electron chi connectivity index (χ2n) is 7.56. The standard InChI is InChI=1S/C25H25N3O3S2/c29-25(12-14-28-33(30,31)16-13-19-7-2-1-3-8-19)27-18-22(24-11-6-15-32-24)21-17-26-23-10-5-4-9-20(21)23/h1-11,13,15-17,22,26,28H,12,14,18H2,(H,27,29)/b16-13+. The number of carbonyl (C=O) groups excluding carboxylic acids is 1. The lowest BCUT2D eigenvalue weighted by Crippen LogP contribution is -2.32. The zero-order valence-corrected chi connectivity index (χ0v) is 19.5. The Morgan fingerprint density at radius 1 is 1.03 bits per heavy atom. The van der Waals surface area contributed by atoms with Crippen LogP contribution in [0.3, 0.4) is 0 Å². The number of benzene rings is 2. The highest BCUT2D eigenvalue weighted by Gasteiger charge is 2.20. The number of para-hydroxylation sites is 1. The molecule has 0 radical (unpaired) electrons. The van der Waals surface area contributed by atoms with Crippen LogP contribution in [0.5, 0.6) is 0 Å². The molecule has 1 unspecified atom stereocenters. The summed E-state index contributed by atoms with van der Waals surface area (Å²) in [5.74, 6) is -0.193. The molecule has 8 heteroatoms. The topological polar surface area (TPSA) is 91.1 Å². The maximum absolute atomic E-state index is 12.4. The van der Waals surface area contributed by atoms with Crippen molar-refractivity contribution in [2.45, 2.75) is 12.3 Å². The molecular weight excluding hydrogens is 454 g/mol. The van der Waals surface area contributed by atoms with E-state index in [1.807, 2.05) is 66.2 Å². The number of rotatable bonds is 10. The van der Waals surface area contributed by atoms with E-state index in [9.17, 15) is 13.2 Å². The van der Waals surface area contributed by atoms with Gasteiger partial charge in [-0.25, -0.2) is 13.1 Å². The number of aromatic nitrogens is 1. The summed E-state index contributed by atoms with van der Waals surface area (Å²) in [7, 11) is -3.61. The van der Waals surface area contributed by atoms with E-state index >= 15 is 0 Å². The normalized spacial score (nSPS) is 12.8. The Balaban J connectivity index is 1.33. The number of aromatic amines is 1. The molecule has 0 spiro atoms. The van der Waals surface area contributed by atoms with E-state index in [0.717, 1.165) is 32.3 Å². The molecule has 3 N–H and O–H groups in total. The first kappa shape index (κ1) is 23.0. The largest absolute Gasteiger partial charge is 0.361 e. The molecule has 0 aliphatic carbocycles. The lowest BCUT2D eigenvalue weighted by Gasteiger charge is -2.16. The van der Waals surface area contributed by atoms with Crippen molar-refractivity contribution in [1.82, 2.24) is 15.0 Å². The van der Waals surface area contributed by atoms with Crippen LogP contribution < -0.4 is 10.0 Å². The Kier molecular flexibility index (Phi) is 7.39. The van der Waals surface area contributed by atoms with Gasteiger partial charge in [-0.15, -0.1) is 11.3 Å². The fourth-order valence-electron chi connectivity index (χ4n) is 3.63. The SMILES string of the molecule is O=C(CCNS(=O)(=O)/C=C/c1ccccc1)NCC(c1cccs1)c1c[nH]c2ccccc12. The Morgan fingerprint density at radius 2 is 1.82 bits per heavy atom. The highest BCUT2D eigenvalue weighted by Crippen LogP contribution is 2.32. The van der Waals surface area contributed by atoms with Gasteiger partial charge in [0.2, 0.25) is 15.9 Å². The van der Waals surface area contributed by atoms with Gasteiger partial charge in [0, 0.05) is 52.8 Å². The Hall–Kier alpha value is -3.20. The van der Waals surface area contributed by atoms with E-state index < -0.39 is 10.0 Å². The van der Waals surface area contributed by atoms with Crippen LogP contribution in [0.4, 0.5) is 0 Å². The first-order chi connectivity index (χ1) is 16.0. The zero-order chi connectivity index (χ0) is 23.1. The smallest absolute Gasteiger partial charge is 0.233 e. The van der Waals surface area contributed by atoms with Crippen LogP contribution in [-0.2, 0) is 14.8 Å². The lowest BCUT2D eigenvalue weighted by atomic mass is 9.96. The van der Waals surface area contributed by atoms with E-state index in [2.05, 4.69) is 27.2 Å². The molecule has 1 amide bonds. The van der Waals surface area contributed by atoms with Gasteiger partial charge in [0.1, 0.15) is 0 Å². The van der Waals surface area contributed by atoms with Crippen LogP contribution in [0.15, 0.2) is 83.7 Å². The van der Waals surface area contributed by atoms with Gasteiger partial charge in [0.05, 0.1) is 0 Å². The van der Waals surface area contributed by atoms with Crippen molar-refractivity contribution >= 4 is 44.2 Å². The van der Waals surface area contributed by atoms with Crippen molar-refractivity contribution in [2.24, 2.45) is 0 Å². The number of hydrogen-bond acceptors (Lipinski definition) is 4. The minimum Gasteiger partial charge on any atom is -0.361 e. The van der Waals surface area contributed by atoms with Gasteiger partial charge in [-0.3, -0.25) is 4.79 Å². The van der Waals surface area contributed by atoms with Crippen molar-refractivity contribution in [1.29, 1.82) is 0 Å². The Labute approximate surface area is 197 Å². The number of hydrogen-bond donors (Lipinski definition) is 3. The van der Waals surface area contributed by atoms with Gasteiger partial charge in [0.15, 0.2) is 0 Å². The third-order valence-electron chi connectivity index (χ3n) is 5.28. The molecule has 33 heavy (non-hydrogen) atoms. The number of thiophene rings is 1. The summed E-state index contributed by atoms with van der Waals surface area (Å²) in [4.78, 5) is 16.9. The average molecular weight is 480 g/mol. The molecule has 0 aliphatic heterocycles. The van der Waals surface area contributed by atoms with Crippen LogP contribution in [-0.4, -0.2) is 32.4 Å². The number of H-pyrrole nitrogens is 1. The van der Waals surface area contributed by atoms with Crippen molar-refractivity contribution < 1.29 is 13.2 Å². The molecule has 6 nitrogen and oxygen atoms in total. The van der Waals surface area contributed by atoms with Crippen LogP contribution >= 0.6 is 11.3 Å². The van der Waals surface area contributed by atoms with Crippen LogP contribution in [0.25, 0.3) is 17.0 Å². The molecule has 0 saturated carbocycles. The first-order valence-electron chi connectivity index (χ1n) is 10.6. The molecule has 1 atom stereocenters. The van der Waals surface area contributed by atoms with E-state index in [4.69, 9.17) is 0 Å². The molecule has 0 bridgehead atoms. The highest BCUT2D eigenvalue weighted by atomic mass is 32.2. The van der Waals surface area contributed by atoms with Crippen molar-refractivity contribution in [3.63, 3.8) is 0 Å². The summed E-state index contributed by atoms with van der Waals surface area (Å²) in [6, 6.07) is 21.3. The second kappa shape index (κ2) is 10.6. The van der Waals surface area contributed by atoms with Crippen LogP contribution in [0, 0.1) is 0 Å². The number of fused-ring (bicyclic) bond motifs is 1. The van der Waals surface area contributed by atoms with E-state index in [0.29, 0.717) is 6.54 Å².